The fourth-order valence-corrected chi connectivity index (χ4v) is 3.82. The van der Waals surface area contributed by atoms with Gasteiger partial charge in [-0.2, -0.15) is 0 Å². The van der Waals surface area contributed by atoms with Crippen LogP contribution in [0.5, 0.6) is 0 Å². The van der Waals surface area contributed by atoms with Gasteiger partial charge in [-0.05, 0) is 25.7 Å². The number of carbonyl (C=O) groups excluding carboxylic acids is 4. The highest BCUT2D eigenvalue weighted by atomic mass is 16.5. The van der Waals surface area contributed by atoms with Crippen molar-refractivity contribution in [3.8, 4) is 0 Å². The Labute approximate surface area is 185 Å². The molecule has 0 aromatic heterocycles. The standard InChI is InChI=1S/C23H36N2O6/c1-15(2)9-24-11-17(7-19(24)26)21(28)30-13-23(5,6)14-31-22(29)18-8-20(27)25(12-18)10-16(3)4/h15-18H,5-14H2,1-4H3. The van der Waals surface area contributed by atoms with Crippen LogP contribution in [-0.2, 0) is 28.7 Å². The van der Waals surface area contributed by atoms with Crippen LogP contribution in [0.4, 0.5) is 0 Å². The highest BCUT2D eigenvalue weighted by molar-refractivity contribution is 5.87. The summed E-state index contributed by atoms with van der Waals surface area (Å²) in [7, 11) is 0. The molecule has 0 bridgehead atoms. The first-order valence-electron chi connectivity index (χ1n) is 11.0. The van der Waals surface area contributed by atoms with Crippen LogP contribution in [-0.4, -0.2) is 72.9 Å². The molecule has 8 nitrogen and oxygen atoms in total. The minimum Gasteiger partial charge on any atom is -0.465 e. The van der Waals surface area contributed by atoms with Crippen molar-refractivity contribution in [2.24, 2.45) is 29.1 Å². The van der Waals surface area contributed by atoms with Crippen LogP contribution < -0.4 is 0 Å². The number of likely N-dealkylation sites (tertiary alicyclic amines) is 2. The lowest BCUT2D eigenvalue weighted by atomic mass is 9.96. The van der Waals surface area contributed by atoms with E-state index >= 15 is 0 Å². The van der Waals surface area contributed by atoms with Crippen LogP contribution in [0, 0.1) is 42.9 Å². The van der Waals surface area contributed by atoms with Crippen LogP contribution in [0.2, 0.25) is 0 Å². The molecule has 2 unspecified atom stereocenters. The molecule has 2 aliphatic rings. The van der Waals surface area contributed by atoms with Crippen molar-refractivity contribution in [1.29, 1.82) is 0 Å². The van der Waals surface area contributed by atoms with Gasteiger partial charge in [0.25, 0.3) is 0 Å². The molecule has 0 saturated carbocycles. The number of rotatable bonds is 10. The maximum atomic E-state index is 12.4. The Bertz CT molecular complexity index is 632. The molecule has 174 valence electrons. The first kappa shape index (κ1) is 25.1. The van der Waals surface area contributed by atoms with Gasteiger partial charge < -0.3 is 19.3 Å². The average molecular weight is 437 g/mol. The van der Waals surface area contributed by atoms with Crippen LogP contribution in [0.15, 0.2) is 0 Å². The summed E-state index contributed by atoms with van der Waals surface area (Å²) < 4.78 is 10.7. The van der Waals surface area contributed by atoms with Gasteiger partial charge in [0.05, 0.1) is 11.8 Å². The van der Waals surface area contributed by atoms with Crippen molar-refractivity contribution in [2.45, 2.75) is 40.5 Å². The van der Waals surface area contributed by atoms with Gasteiger partial charge in [0.15, 0.2) is 0 Å². The monoisotopic (exact) mass is 436 g/mol. The molecule has 2 amide bonds. The number of carbonyl (C=O) groups is 4. The van der Waals surface area contributed by atoms with Crippen molar-refractivity contribution < 1.29 is 28.7 Å². The molecular formula is C23H36N2O6. The summed E-state index contributed by atoms with van der Waals surface area (Å²) in [5.74, 6) is -1.36. The lowest BCUT2D eigenvalue weighted by molar-refractivity contribution is -0.155. The van der Waals surface area contributed by atoms with E-state index in [1.54, 1.807) is 9.80 Å². The summed E-state index contributed by atoms with van der Waals surface area (Å²) >= 11 is 0. The van der Waals surface area contributed by atoms with Gasteiger partial charge in [-0.25, -0.2) is 0 Å². The summed E-state index contributed by atoms with van der Waals surface area (Å²) in [4.78, 5) is 52.2. The van der Waals surface area contributed by atoms with E-state index in [9.17, 15) is 19.2 Å². The van der Waals surface area contributed by atoms with Gasteiger partial charge in [0.1, 0.15) is 13.2 Å². The van der Waals surface area contributed by atoms with Crippen molar-refractivity contribution in [1.82, 2.24) is 9.80 Å². The molecule has 2 aliphatic heterocycles. The number of esters is 2. The third-order valence-electron chi connectivity index (χ3n) is 5.31. The molecule has 0 aliphatic carbocycles. The summed E-state index contributed by atoms with van der Waals surface area (Å²) in [6.45, 7) is 17.5. The number of hydrogen-bond acceptors (Lipinski definition) is 6. The first-order chi connectivity index (χ1) is 14.4. The Balaban J connectivity index is 1.75. The predicted octanol–water partition coefficient (Wildman–Crippen LogP) is 1.74. The van der Waals surface area contributed by atoms with Crippen molar-refractivity contribution in [3.05, 3.63) is 13.8 Å². The Morgan fingerprint density at radius 2 is 1.23 bits per heavy atom. The lowest BCUT2D eigenvalue weighted by Gasteiger charge is -2.25. The second kappa shape index (κ2) is 10.5. The molecule has 0 N–H and O–H groups in total. The van der Waals surface area contributed by atoms with E-state index in [4.69, 9.17) is 9.47 Å². The largest absolute Gasteiger partial charge is 0.465 e. The van der Waals surface area contributed by atoms with Crippen molar-refractivity contribution in [2.75, 3.05) is 39.4 Å². The number of amides is 2. The topological polar surface area (TPSA) is 93.2 Å². The van der Waals surface area contributed by atoms with Crippen LogP contribution in [0.25, 0.3) is 0 Å². The number of nitrogens with zero attached hydrogens (tertiary/aromatic N) is 2. The molecular weight excluding hydrogens is 400 g/mol. The fourth-order valence-electron chi connectivity index (χ4n) is 3.82. The van der Waals surface area contributed by atoms with Gasteiger partial charge in [0, 0.05) is 44.4 Å². The molecule has 2 saturated heterocycles. The van der Waals surface area contributed by atoms with Crippen LogP contribution >= 0.6 is 0 Å². The van der Waals surface area contributed by atoms with Crippen molar-refractivity contribution >= 4 is 23.8 Å². The van der Waals surface area contributed by atoms with Gasteiger partial charge >= 0.3 is 11.9 Å². The van der Waals surface area contributed by atoms with E-state index in [0.29, 0.717) is 38.0 Å². The molecule has 0 aromatic carbocycles. The minimum atomic E-state index is -1.06. The van der Waals surface area contributed by atoms with E-state index in [1.807, 2.05) is 27.7 Å². The molecule has 2 atom stereocenters. The summed E-state index contributed by atoms with van der Waals surface area (Å²) in [6.07, 6.45) is 0.287. The number of hydrogen-bond donors (Lipinski definition) is 0. The van der Waals surface area contributed by atoms with Crippen LogP contribution in [0.1, 0.15) is 40.5 Å². The summed E-state index contributed by atoms with van der Waals surface area (Å²) in [6, 6.07) is 0. The maximum Gasteiger partial charge on any atom is 0.311 e. The molecule has 2 fully saturated rings. The van der Waals surface area contributed by atoms with Crippen molar-refractivity contribution in [3.63, 3.8) is 0 Å². The Hall–Kier alpha value is -2.12. The van der Waals surface area contributed by atoms with Gasteiger partial charge in [-0.3, -0.25) is 19.2 Å². The molecule has 0 spiro atoms. The quantitative estimate of drug-likeness (QED) is 0.484. The van der Waals surface area contributed by atoms with E-state index < -0.39 is 29.2 Å². The van der Waals surface area contributed by atoms with E-state index in [1.165, 1.54) is 0 Å². The second-order valence-corrected chi connectivity index (χ2v) is 9.90. The van der Waals surface area contributed by atoms with Gasteiger partial charge in [-0.15, -0.1) is 0 Å². The van der Waals surface area contributed by atoms with Gasteiger partial charge in [-0.1, -0.05) is 27.7 Å². The zero-order chi connectivity index (χ0) is 23.3. The molecule has 31 heavy (non-hydrogen) atoms. The minimum absolute atomic E-state index is 0.0438. The SMILES string of the molecule is [CH2]C([CH2])(COC(=O)C1CC(=O)N(CC(C)C)C1)COC(=O)C1CC(=O)N(CC(C)C)C1. The lowest BCUT2D eigenvalue weighted by Crippen LogP contribution is -2.34. The molecule has 2 rings (SSSR count). The summed E-state index contributed by atoms with van der Waals surface area (Å²) in [5, 5.41) is 0. The Morgan fingerprint density at radius 3 is 1.55 bits per heavy atom. The summed E-state index contributed by atoms with van der Waals surface area (Å²) in [5.41, 5.74) is -1.06. The fraction of sp³-hybridized carbons (Fsp3) is 0.739. The maximum absolute atomic E-state index is 12.4. The predicted molar refractivity (Wildman–Crippen MR) is 114 cm³/mol. The third kappa shape index (κ3) is 7.51. The smallest absolute Gasteiger partial charge is 0.311 e. The zero-order valence-corrected chi connectivity index (χ0v) is 19.2. The molecule has 2 heterocycles. The first-order valence-corrected chi connectivity index (χ1v) is 11.0. The Kier molecular flexibility index (Phi) is 8.49. The number of ether oxygens (including phenoxy) is 2. The zero-order valence-electron chi connectivity index (χ0n) is 19.2. The Morgan fingerprint density at radius 1 is 0.871 bits per heavy atom. The normalized spacial score (nSPS) is 22.1. The van der Waals surface area contributed by atoms with E-state index in [0.717, 1.165) is 0 Å². The van der Waals surface area contributed by atoms with Crippen LogP contribution in [0.3, 0.4) is 0 Å². The molecule has 8 heteroatoms. The highest BCUT2D eigenvalue weighted by Crippen LogP contribution is 2.24. The second-order valence-electron chi connectivity index (χ2n) is 9.90. The molecule has 0 aromatic rings. The highest BCUT2D eigenvalue weighted by Gasteiger charge is 2.38. The van der Waals surface area contributed by atoms with E-state index in [2.05, 4.69) is 13.8 Å². The third-order valence-corrected chi connectivity index (χ3v) is 5.31. The average Bonchev–Trinajstić information content (AvgIpc) is 3.20. The molecule has 2 radical (unpaired) electrons. The van der Waals surface area contributed by atoms with E-state index in [-0.39, 0.29) is 37.9 Å². The van der Waals surface area contributed by atoms with Gasteiger partial charge in [0.2, 0.25) is 11.8 Å².